The van der Waals surface area contributed by atoms with Gasteiger partial charge in [0.15, 0.2) is 5.75 Å². The number of hydrogen-bond acceptors (Lipinski definition) is 6. The van der Waals surface area contributed by atoms with E-state index in [-0.39, 0.29) is 22.7 Å². The Bertz CT molecular complexity index is 569. The molecule has 0 aliphatic heterocycles. The summed E-state index contributed by atoms with van der Waals surface area (Å²) in [5.74, 6) is 0.269. The summed E-state index contributed by atoms with van der Waals surface area (Å²) in [7, 11) is 1.35. The summed E-state index contributed by atoms with van der Waals surface area (Å²) in [5.41, 5.74) is 0.219. The number of nitrogens with zero attached hydrogens (tertiary/aromatic N) is 3. The summed E-state index contributed by atoms with van der Waals surface area (Å²) >= 11 is 5.47. The number of halogens is 1. The lowest BCUT2D eigenvalue weighted by atomic mass is 10.2. The van der Waals surface area contributed by atoms with Gasteiger partial charge in [-0.3, -0.25) is 10.1 Å². The van der Waals surface area contributed by atoms with Gasteiger partial charge < -0.3 is 9.15 Å². The largest absolute Gasteiger partial charge is 0.490 e. The fourth-order valence-electron chi connectivity index (χ4n) is 1.29. The van der Waals surface area contributed by atoms with Crippen molar-refractivity contribution in [3.8, 4) is 17.2 Å². The van der Waals surface area contributed by atoms with E-state index in [1.54, 1.807) is 6.07 Å². The SMILES string of the molecule is COc1ccc(-c2nnc(Cl)o2)cc1[N+](=O)[O-]. The molecule has 2 aromatic rings. The molecule has 0 bridgehead atoms. The number of aromatic nitrogens is 2. The Morgan fingerprint density at radius 1 is 1.47 bits per heavy atom. The molecular weight excluding hydrogens is 250 g/mol. The molecule has 0 unspecified atom stereocenters. The maximum absolute atomic E-state index is 10.8. The first kappa shape index (κ1) is 11.3. The Hall–Kier alpha value is -2.15. The third kappa shape index (κ3) is 2.18. The number of nitro benzene ring substituents is 1. The monoisotopic (exact) mass is 255 g/mol. The maximum Gasteiger partial charge on any atom is 0.313 e. The van der Waals surface area contributed by atoms with E-state index in [0.29, 0.717) is 5.56 Å². The molecule has 88 valence electrons. The number of nitro groups is 1. The van der Waals surface area contributed by atoms with Crippen LogP contribution in [-0.2, 0) is 0 Å². The van der Waals surface area contributed by atoms with Crippen LogP contribution in [-0.4, -0.2) is 22.2 Å². The number of rotatable bonds is 3. The Labute approximate surface area is 100 Å². The van der Waals surface area contributed by atoms with Crippen LogP contribution in [0, 0.1) is 10.1 Å². The zero-order valence-corrected chi connectivity index (χ0v) is 9.34. The number of benzene rings is 1. The van der Waals surface area contributed by atoms with Crippen molar-refractivity contribution >= 4 is 17.3 Å². The van der Waals surface area contributed by atoms with Crippen LogP contribution in [0.5, 0.6) is 5.75 Å². The van der Waals surface area contributed by atoms with Crippen molar-refractivity contribution in [2.24, 2.45) is 0 Å². The third-order valence-electron chi connectivity index (χ3n) is 2.02. The highest BCUT2D eigenvalue weighted by Crippen LogP contribution is 2.31. The van der Waals surface area contributed by atoms with Crippen molar-refractivity contribution < 1.29 is 14.1 Å². The van der Waals surface area contributed by atoms with Crippen molar-refractivity contribution in [1.29, 1.82) is 0 Å². The van der Waals surface area contributed by atoms with Crippen molar-refractivity contribution in [1.82, 2.24) is 10.2 Å². The highest BCUT2D eigenvalue weighted by molar-refractivity contribution is 6.27. The molecule has 0 fully saturated rings. The minimum atomic E-state index is -0.555. The van der Waals surface area contributed by atoms with Gasteiger partial charge in [0.25, 0.3) is 0 Å². The normalized spacial score (nSPS) is 10.2. The molecule has 8 heteroatoms. The van der Waals surface area contributed by atoms with Crippen molar-refractivity contribution in [3.05, 3.63) is 33.7 Å². The number of methoxy groups -OCH3 is 1. The van der Waals surface area contributed by atoms with Crippen LogP contribution in [0.2, 0.25) is 5.35 Å². The van der Waals surface area contributed by atoms with Gasteiger partial charge in [0.1, 0.15) is 0 Å². The molecule has 0 amide bonds. The molecular formula is C9H6ClN3O4. The minimum absolute atomic E-state index is 0.112. The molecule has 0 aliphatic carbocycles. The molecule has 0 atom stereocenters. The first-order valence-corrected chi connectivity index (χ1v) is 4.81. The van der Waals surface area contributed by atoms with Crippen LogP contribution < -0.4 is 4.74 Å². The number of ether oxygens (including phenoxy) is 1. The molecule has 0 saturated heterocycles. The average molecular weight is 256 g/mol. The Balaban J connectivity index is 2.50. The predicted octanol–water partition coefficient (Wildman–Crippen LogP) is 2.31. The third-order valence-corrected chi connectivity index (χ3v) is 2.18. The van der Waals surface area contributed by atoms with E-state index in [1.807, 2.05) is 0 Å². The van der Waals surface area contributed by atoms with Crippen LogP contribution in [0.1, 0.15) is 0 Å². The summed E-state index contributed by atoms with van der Waals surface area (Å²) < 4.78 is 9.83. The van der Waals surface area contributed by atoms with Crippen LogP contribution in [0.4, 0.5) is 5.69 Å². The lowest BCUT2D eigenvalue weighted by Gasteiger charge is -2.01. The van der Waals surface area contributed by atoms with Gasteiger partial charge in [-0.15, -0.1) is 5.10 Å². The first-order chi connectivity index (χ1) is 8.11. The zero-order valence-electron chi connectivity index (χ0n) is 8.58. The highest BCUT2D eigenvalue weighted by Gasteiger charge is 2.18. The van der Waals surface area contributed by atoms with Crippen LogP contribution in [0.3, 0.4) is 0 Å². The molecule has 0 N–H and O–H groups in total. The van der Waals surface area contributed by atoms with E-state index in [4.69, 9.17) is 20.8 Å². The fourth-order valence-corrected chi connectivity index (χ4v) is 1.40. The summed E-state index contributed by atoms with van der Waals surface area (Å²) in [5, 5.41) is 17.8. The molecule has 7 nitrogen and oxygen atoms in total. The molecule has 0 saturated carbocycles. The van der Waals surface area contributed by atoms with Gasteiger partial charge >= 0.3 is 11.0 Å². The van der Waals surface area contributed by atoms with Gasteiger partial charge in [0, 0.05) is 11.6 Å². The molecule has 0 radical (unpaired) electrons. The second-order valence-electron chi connectivity index (χ2n) is 3.00. The molecule has 1 aromatic carbocycles. The fraction of sp³-hybridized carbons (Fsp3) is 0.111. The van der Waals surface area contributed by atoms with E-state index in [0.717, 1.165) is 0 Å². The van der Waals surface area contributed by atoms with Crippen LogP contribution in [0.15, 0.2) is 22.6 Å². The second-order valence-corrected chi connectivity index (χ2v) is 3.33. The van der Waals surface area contributed by atoms with E-state index in [9.17, 15) is 10.1 Å². The van der Waals surface area contributed by atoms with Gasteiger partial charge in [-0.1, -0.05) is 5.10 Å². The van der Waals surface area contributed by atoms with Gasteiger partial charge in [0.05, 0.1) is 12.0 Å². The smallest absolute Gasteiger partial charge is 0.313 e. The number of hydrogen-bond donors (Lipinski definition) is 0. The summed E-state index contributed by atoms with van der Waals surface area (Å²) in [4.78, 5) is 10.2. The molecule has 0 aliphatic rings. The average Bonchev–Trinajstić information content (AvgIpc) is 2.75. The molecule has 1 heterocycles. The first-order valence-electron chi connectivity index (χ1n) is 4.43. The lowest BCUT2D eigenvalue weighted by Crippen LogP contribution is -1.94. The van der Waals surface area contributed by atoms with Crippen molar-refractivity contribution in [2.75, 3.05) is 7.11 Å². The standard InChI is InChI=1S/C9H6ClN3O4/c1-16-7-3-2-5(4-6(7)13(14)15)8-11-12-9(10)17-8/h2-4H,1H3. The summed E-state index contributed by atoms with van der Waals surface area (Å²) in [6, 6.07) is 4.30. The highest BCUT2D eigenvalue weighted by atomic mass is 35.5. The van der Waals surface area contributed by atoms with Crippen molar-refractivity contribution in [3.63, 3.8) is 0 Å². The molecule has 1 aromatic heterocycles. The van der Waals surface area contributed by atoms with Gasteiger partial charge in [-0.05, 0) is 23.7 Å². The lowest BCUT2D eigenvalue weighted by molar-refractivity contribution is -0.385. The Kier molecular flexibility index (Phi) is 2.92. The minimum Gasteiger partial charge on any atom is -0.490 e. The van der Waals surface area contributed by atoms with Gasteiger partial charge in [0.2, 0.25) is 5.89 Å². The van der Waals surface area contributed by atoms with Crippen LogP contribution in [0.25, 0.3) is 11.5 Å². The molecule has 2 rings (SSSR count). The molecule has 17 heavy (non-hydrogen) atoms. The molecule has 0 spiro atoms. The summed E-state index contributed by atoms with van der Waals surface area (Å²) in [6.07, 6.45) is 0. The van der Waals surface area contributed by atoms with Crippen molar-refractivity contribution in [2.45, 2.75) is 0 Å². The van der Waals surface area contributed by atoms with E-state index >= 15 is 0 Å². The van der Waals surface area contributed by atoms with E-state index in [2.05, 4.69) is 10.2 Å². The second kappa shape index (κ2) is 4.38. The van der Waals surface area contributed by atoms with Crippen LogP contribution >= 0.6 is 11.6 Å². The Morgan fingerprint density at radius 3 is 2.76 bits per heavy atom. The summed E-state index contributed by atoms with van der Waals surface area (Å²) in [6.45, 7) is 0. The van der Waals surface area contributed by atoms with Gasteiger partial charge in [-0.25, -0.2) is 0 Å². The quantitative estimate of drug-likeness (QED) is 0.617. The Morgan fingerprint density at radius 2 is 2.24 bits per heavy atom. The predicted molar refractivity (Wildman–Crippen MR) is 58.0 cm³/mol. The van der Waals surface area contributed by atoms with Gasteiger partial charge in [-0.2, -0.15) is 0 Å². The topological polar surface area (TPSA) is 91.3 Å². The van der Waals surface area contributed by atoms with E-state index < -0.39 is 4.92 Å². The maximum atomic E-state index is 10.8. The zero-order chi connectivity index (χ0) is 12.4. The van der Waals surface area contributed by atoms with E-state index in [1.165, 1.54) is 19.2 Å².